The van der Waals surface area contributed by atoms with Crippen LogP contribution in [0.3, 0.4) is 0 Å². The van der Waals surface area contributed by atoms with E-state index in [0.29, 0.717) is 0 Å². The minimum atomic E-state index is -0.114. The Morgan fingerprint density at radius 2 is 0.773 bits per heavy atom. The van der Waals surface area contributed by atoms with Gasteiger partial charge in [0, 0.05) is 28.0 Å². The van der Waals surface area contributed by atoms with Gasteiger partial charge in [-0.25, -0.2) is 0 Å². The fraction of sp³-hybridized carbons (Fsp3) is 0. The number of benzene rings is 2. The quantitative estimate of drug-likeness (QED) is 0.246. The molecule has 2 aromatic rings. The van der Waals surface area contributed by atoms with Crippen LogP contribution in [0.5, 0.6) is 0 Å². The maximum absolute atomic E-state index is 5.83. The van der Waals surface area contributed by atoms with Gasteiger partial charge in [0.2, 0.25) is 0 Å². The monoisotopic (exact) mass is 543 g/mol. The first kappa shape index (κ1) is 37.8. The van der Waals surface area contributed by atoms with E-state index in [2.05, 4.69) is 24.3 Å². The fourth-order valence-corrected chi connectivity index (χ4v) is 3.52. The minimum Gasteiger partial charge on any atom is -1.00 e. The zero-order valence-corrected chi connectivity index (χ0v) is 16.2. The molecule has 0 heterocycles. The van der Waals surface area contributed by atoms with Crippen molar-refractivity contribution < 1.29 is 49.4 Å². The van der Waals surface area contributed by atoms with Crippen molar-refractivity contribution in [2.45, 2.75) is 0 Å². The first-order valence-corrected chi connectivity index (χ1v) is 7.31. The van der Waals surface area contributed by atoms with Crippen molar-refractivity contribution in [3.63, 3.8) is 0 Å². The van der Waals surface area contributed by atoms with Crippen LogP contribution in [0.15, 0.2) is 48.5 Å². The summed E-state index contributed by atoms with van der Waals surface area (Å²) in [5, 5.41) is 1.58. The van der Waals surface area contributed by atoms with Crippen molar-refractivity contribution in [2.75, 3.05) is 0 Å². The van der Waals surface area contributed by atoms with Crippen molar-refractivity contribution in [2.24, 2.45) is 0 Å². The van der Waals surface area contributed by atoms with Gasteiger partial charge in [0.05, 0.1) is 0 Å². The predicted octanol–water partition coefficient (Wildman–Crippen LogP) is -1.49. The predicted molar refractivity (Wildman–Crippen MR) is 78.6 cm³/mol. The molecule has 0 nitrogen and oxygen atoms in total. The van der Waals surface area contributed by atoms with Gasteiger partial charge in [-0.15, -0.1) is 0 Å². The standard InChI is InChI=1S/C12H8Cl2I.As.6FH/c13-9-1-5-11(6-2-9)15-12-7-3-10(14)4-8-12;;;;;;;/h1-8H;;6*1H/q+1;;;;;;;/p-1. The third-order valence-electron chi connectivity index (χ3n) is 1.83. The van der Waals surface area contributed by atoms with Crippen LogP contribution in [-0.4, -0.2) is 18.0 Å². The van der Waals surface area contributed by atoms with Crippen LogP contribution in [0.4, 0.5) is 23.5 Å². The molecule has 0 aliphatic carbocycles. The Morgan fingerprint density at radius 3 is 1.00 bits per heavy atom. The molecular formula is C12H13AsCl2F6I. The van der Waals surface area contributed by atoms with E-state index in [-0.39, 0.29) is 67.4 Å². The second-order valence-electron chi connectivity index (χ2n) is 2.97. The molecule has 0 bridgehead atoms. The first-order valence-electron chi connectivity index (χ1n) is 4.40. The van der Waals surface area contributed by atoms with E-state index in [1.165, 1.54) is 7.14 Å². The van der Waals surface area contributed by atoms with Crippen molar-refractivity contribution in [3.8, 4) is 0 Å². The molecule has 0 fully saturated rings. The number of hydrogen-bond acceptors (Lipinski definition) is 0. The van der Waals surface area contributed by atoms with Gasteiger partial charge in [0.1, 0.15) is 0 Å². The Balaban J connectivity index is -0.0000000914. The molecule has 10 heteroatoms. The molecule has 2 aromatic carbocycles. The molecule has 0 N–H and O–H groups in total. The van der Waals surface area contributed by atoms with Gasteiger partial charge in [-0.05, 0) is 48.5 Å². The molecule has 2 rings (SSSR count). The molecule has 0 aliphatic rings. The van der Waals surface area contributed by atoms with E-state index in [4.69, 9.17) is 23.2 Å². The van der Waals surface area contributed by atoms with Gasteiger partial charge in [0.15, 0.2) is 7.14 Å². The van der Waals surface area contributed by atoms with Gasteiger partial charge >= 0.3 is 21.2 Å². The third-order valence-corrected chi connectivity index (χ3v) is 5.01. The molecule has 22 heavy (non-hydrogen) atoms. The zero-order chi connectivity index (χ0) is 10.7. The Kier molecular flexibility index (Phi) is 32.6. The smallest absolute Gasteiger partial charge is 0.357 e. The summed E-state index contributed by atoms with van der Waals surface area (Å²) in [6.07, 6.45) is 0. The van der Waals surface area contributed by atoms with Crippen LogP contribution in [0.1, 0.15) is 0 Å². The Morgan fingerprint density at radius 1 is 0.545 bits per heavy atom. The van der Waals surface area contributed by atoms with Gasteiger partial charge in [0.25, 0.3) is 0 Å². The number of hydrogen-bond donors (Lipinski definition) is 0. The third kappa shape index (κ3) is 12.4. The first-order chi connectivity index (χ1) is 7.24. The molecule has 0 aromatic heterocycles. The molecule has 3 radical (unpaired) electrons. The summed E-state index contributed by atoms with van der Waals surface area (Å²) in [7, 11) is 0. The molecule has 0 saturated carbocycles. The maximum Gasteiger partial charge on any atom is 0.357 e. The van der Waals surface area contributed by atoms with Crippen LogP contribution in [0.25, 0.3) is 0 Å². The average Bonchev–Trinajstić information content (AvgIpc) is 2.25. The molecule has 0 amide bonds. The van der Waals surface area contributed by atoms with Crippen molar-refractivity contribution in [3.05, 3.63) is 65.7 Å². The summed E-state index contributed by atoms with van der Waals surface area (Å²) in [5.41, 5.74) is 0. The summed E-state index contributed by atoms with van der Waals surface area (Å²) in [6.45, 7) is 0. The maximum atomic E-state index is 5.83. The van der Waals surface area contributed by atoms with E-state index >= 15 is 0 Å². The molecule has 0 aliphatic heterocycles. The van der Waals surface area contributed by atoms with Gasteiger partial charge in [-0.1, -0.05) is 23.2 Å². The van der Waals surface area contributed by atoms with Crippen LogP contribution < -0.4 is 25.9 Å². The van der Waals surface area contributed by atoms with E-state index in [1.54, 1.807) is 0 Å². The molecule has 0 unspecified atom stereocenters. The largest absolute Gasteiger partial charge is 1.00 e. The fourth-order valence-electron chi connectivity index (χ4n) is 1.11. The van der Waals surface area contributed by atoms with Crippen molar-refractivity contribution in [1.29, 1.82) is 0 Å². The van der Waals surface area contributed by atoms with Crippen LogP contribution in [0, 0.1) is 7.14 Å². The topological polar surface area (TPSA) is 0 Å². The second kappa shape index (κ2) is 18.9. The van der Waals surface area contributed by atoms with E-state index in [9.17, 15) is 0 Å². The summed E-state index contributed by atoms with van der Waals surface area (Å²) >= 11 is 11.5. The van der Waals surface area contributed by atoms with E-state index in [0.717, 1.165) is 10.0 Å². The number of rotatable bonds is 2. The molecule has 129 valence electrons. The van der Waals surface area contributed by atoms with Crippen LogP contribution in [0.2, 0.25) is 10.0 Å². The number of halogens is 9. The minimum absolute atomic E-state index is 0. The molecular weight excluding hydrogens is 531 g/mol. The molecule has 0 saturated heterocycles. The average molecular weight is 544 g/mol. The summed E-state index contributed by atoms with van der Waals surface area (Å²) in [4.78, 5) is 0. The Bertz CT molecular complexity index is 415. The molecule has 0 atom stereocenters. The summed E-state index contributed by atoms with van der Waals surface area (Å²) in [5.74, 6) is 0. The van der Waals surface area contributed by atoms with Crippen molar-refractivity contribution in [1.82, 2.24) is 0 Å². The van der Waals surface area contributed by atoms with Gasteiger partial charge in [-0.3, -0.25) is 23.5 Å². The zero-order valence-electron chi connectivity index (χ0n) is 10.6. The Hall–Kier alpha value is -0.112. The summed E-state index contributed by atoms with van der Waals surface area (Å²) in [6, 6.07) is 16.1. The van der Waals surface area contributed by atoms with E-state index < -0.39 is 0 Å². The van der Waals surface area contributed by atoms with Gasteiger partial charge in [-0.2, -0.15) is 0 Å². The summed E-state index contributed by atoms with van der Waals surface area (Å²) < 4.78 is 2.72. The Labute approximate surface area is 155 Å². The second-order valence-corrected chi connectivity index (χ2v) is 6.87. The van der Waals surface area contributed by atoms with Crippen LogP contribution in [-0.2, 0) is 0 Å². The van der Waals surface area contributed by atoms with Crippen molar-refractivity contribution >= 4 is 41.2 Å². The van der Waals surface area contributed by atoms with E-state index in [1.807, 2.05) is 24.3 Å². The molecule has 0 spiro atoms. The normalized spacial score (nSPS) is 7.00. The van der Waals surface area contributed by atoms with Gasteiger partial charge < -0.3 is 4.70 Å². The van der Waals surface area contributed by atoms with Crippen LogP contribution >= 0.6 is 23.2 Å². The SMILES string of the molecule is Clc1ccc([I+]c2ccc(Cl)cc2)cc1.F.F.F.F.F.[As].[F-].